The number of ether oxygens (including phenoxy) is 2. The topological polar surface area (TPSA) is 307 Å². The van der Waals surface area contributed by atoms with Gasteiger partial charge in [0.2, 0.25) is 0 Å². The Morgan fingerprint density at radius 3 is 0.896 bits per heavy atom. The van der Waals surface area contributed by atoms with Gasteiger partial charge in [-0.1, -0.05) is 247 Å². The third kappa shape index (κ3) is 17.0. The predicted octanol–water partition coefficient (Wildman–Crippen LogP) is 19.3. The lowest BCUT2D eigenvalue weighted by Crippen LogP contribution is -2.09. The van der Waals surface area contributed by atoms with Gasteiger partial charge in [-0.3, -0.25) is 0 Å². The van der Waals surface area contributed by atoms with Gasteiger partial charge >= 0.3 is 6.02 Å². The van der Waals surface area contributed by atoms with Gasteiger partial charge < -0.3 is 9.47 Å². The fourth-order valence-electron chi connectivity index (χ4n) is 16.1. The first-order valence-electron chi connectivity index (χ1n) is 43.7. The van der Waals surface area contributed by atoms with Crippen molar-refractivity contribution in [2.75, 3.05) is 14.2 Å². The maximum absolute atomic E-state index is 5.30. The zero-order valence-corrected chi connectivity index (χ0v) is 76.5. The van der Waals surface area contributed by atoms with Gasteiger partial charge in [0.15, 0.2) is 86.7 Å². The first kappa shape index (κ1) is 86.0. The van der Waals surface area contributed by atoms with Crippen LogP contribution in [0.5, 0.6) is 5.75 Å². The number of amidine groups is 8. The molecule has 8 aromatic heterocycles. The molecule has 22 rings (SSSR count). The highest BCUT2D eigenvalue weighted by molar-refractivity contribution is 6.55. The molecule has 30 heteroatoms. The number of fused-ring (bicyclic) bond motifs is 4. The Bertz CT molecular complexity index is 8030. The average Bonchev–Trinajstić information content (AvgIpc) is 1.62. The van der Waals surface area contributed by atoms with Crippen LogP contribution in [-0.4, -0.2) is 162 Å². The third-order valence-electron chi connectivity index (χ3n) is 22.7. The minimum Gasteiger partial charge on any atom is -0.497 e. The van der Waals surface area contributed by atoms with E-state index in [1.807, 2.05) is 306 Å². The fraction of sp³-hybridized carbons (Fsp3) is 0.154. The van der Waals surface area contributed by atoms with E-state index in [0.717, 1.165) is 164 Å². The fourth-order valence-corrected chi connectivity index (χ4v) is 16.1. The number of methoxy groups -OCH3 is 2. The van der Waals surface area contributed by atoms with Crippen molar-refractivity contribution >= 4 is 115 Å². The van der Waals surface area contributed by atoms with E-state index >= 15 is 0 Å². The van der Waals surface area contributed by atoms with E-state index in [9.17, 15) is 0 Å². The molecular formula is C104H92N28O2. The van der Waals surface area contributed by atoms with Gasteiger partial charge in [0.1, 0.15) is 45.6 Å². The molecule has 18 aromatic rings. The summed E-state index contributed by atoms with van der Waals surface area (Å²) in [5.41, 5.74) is 26.6. The minimum absolute atomic E-state index is 0.282. The van der Waals surface area contributed by atoms with Gasteiger partial charge in [-0.2, -0.15) is 68.8 Å². The number of aryl methyl sites for hydroxylation is 12. The molecular weight excluding hydrogens is 1670 g/mol. The molecule has 0 atom stereocenters. The Hall–Kier alpha value is -17.4. The second-order valence-corrected chi connectivity index (χ2v) is 32.4. The van der Waals surface area contributed by atoms with Crippen LogP contribution in [0, 0.1) is 55.4 Å². The highest BCUT2D eigenvalue weighted by atomic mass is 16.5. The van der Waals surface area contributed by atoms with Crippen LogP contribution in [0.1, 0.15) is 92.3 Å². The molecule has 4 aliphatic rings. The molecule has 0 radical (unpaired) electrons. The van der Waals surface area contributed by atoms with Crippen LogP contribution in [0.4, 0.5) is 22.7 Å². The van der Waals surface area contributed by atoms with Crippen molar-refractivity contribution in [3.8, 4) is 51.3 Å². The summed E-state index contributed by atoms with van der Waals surface area (Å²) < 4.78 is 25.4. The molecule has 0 fully saturated rings. The minimum atomic E-state index is 0.282. The van der Waals surface area contributed by atoms with Gasteiger partial charge in [0, 0.05) is 83.3 Å². The molecule has 0 spiro atoms. The van der Waals surface area contributed by atoms with Crippen molar-refractivity contribution in [2.24, 2.45) is 81.1 Å². The van der Waals surface area contributed by atoms with Crippen LogP contribution in [0.2, 0.25) is 0 Å². The van der Waals surface area contributed by atoms with Gasteiger partial charge in [-0.05, 0) is 118 Å². The molecule has 0 unspecified atom stereocenters. The normalized spacial score (nSPS) is 14.7. The van der Waals surface area contributed by atoms with Crippen LogP contribution in [-0.2, 0) is 32.4 Å². The maximum Gasteiger partial charge on any atom is 0.318 e. The van der Waals surface area contributed by atoms with E-state index in [0.29, 0.717) is 70.2 Å². The number of aromatic nitrogens is 16. The number of benzene rings is 10. The molecule has 0 saturated heterocycles. The Labute approximate surface area is 771 Å². The molecule has 30 nitrogen and oxygen atoms in total. The number of rotatable bonds is 16. The number of aliphatic imine (C=N–C) groups is 12. The Balaban J connectivity index is 0.000000115. The summed E-state index contributed by atoms with van der Waals surface area (Å²) in [7, 11) is 8.91. The molecule has 0 N–H and O–H groups in total. The molecule has 4 aliphatic heterocycles. The first-order valence-corrected chi connectivity index (χ1v) is 43.7. The van der Waals surface area contributed by atoms with E-state index < -0.39 is 0 Å². The van der Waals surface area contributed by atoms with Gasteiger partial charge in [0.05, 0.1) is 42.7 Å². The lowest BCUT2D eigenvalue weighted by atomic mass is 10.1. The number of hydrogen-bond acceptors (Lipinski definition) is 18. The molecule has 0 bridgehead atoms. The molecule has 660 valence electrons. The third-order valence-corrected chi connectivity index (χ3v) is 22.7. The van der Waals surface area contributed by atoms with Crippen LogP contribution < -0.4 is 4.74 Å². The average molecular weight is 1770 g/mol. The Morgan fingerprint density at radius 2 is 0.552 bits per heavy atom. The highest BCUT2D eigenvalue weighted by Gasteiger charge is 2.31. The standard InChI is InChI=1S/C29H25N7O.C29H25N7.C23H21N7O.C23H21N7/c1-18-9-8-12-22(17-18)28-34-35(3)29-24(19(2)33-36(28)29)30-27-25(20-10-6-5-7-11-20)31-26(32-27)21-13-15-23(37-4)16-14-21;1-4-35-29-24(20(3)33-36(29)28(34-35)23-17-11-12-19(2)18-23)30-27-25(21-13-7-5-8-14-21)31-26(32-27)22-15-9-6-10-16-22;1-14-9-8-12-17(13-14)21-28-29(3)22-18(15(2)27-30(21)22)24-20-19(25-23(26-20)31-4)16-10-6-5-7-11-16;1-14-9-8-12-18(13-14)22-28-29(4)23-19(15(2)27-30(22)23)25-20-16(3)24-21(26-20)17-10-6-5-7-11-17/h5-17H,1-4H3;5-18H,4H2,1-3H3;5-13H,1-4H3;5-13H,1-4H3. The summed E-state index contributed by atoms with van der Waals surface area (Å²) in [6.45, 7) is 20.8. The second kappa shape index (κ2) is 36.6. The summed E-state index contributed by atoms with van der Waals surface area (Å²) >= 11 is 0. The van der Waals surface area contributed by atoms with Crippen LogP contribution in [0.3, 0.4) is 0 Å². The van der Waals surface area contributed by atoms with Crippen molar-refractivity contribution in [2.45, 2.75) is 75.8 Å². The summed E-state index contributed by atoms with van der Waals surface area (Å²) in [6.07, 6.45) is 0. The molecule has 0 amide bonds. The molecule has 10 aromatic carbocycles. The van der Waals surface area contributed by atoms with E-state index in [4.69, 9.17) is 90.2 Å². The van der Waals surface area contributed by atoms with Crippen molar-refractivity contribution in [3.05, 3.63) is 351 Å². The Kier molecular flexibility index (Phi) is 23.5. The highest BCUT2D eigenvalue weighted by Crippen LogP contribution is 2.37. The molecule has 134 heavy (non-hydrogen) atoms. The number of hydrogen-bond donors (Lipinski definition) is 0. The smallest absolute Gasteiger partial charge is 0.318 e. The Morgan fingerprint density at radius 1 is 0.261 bits per heavy atom. The van der Waals surface area contributed by atoms with Crippen molar-refractivity contribution in [1.29, 1.82) is 0 Å². The number of nitrogens with zero attached hydrogens (tertiary/aromatic N) is 28. The summed E-state index contributed by atoms with van der Waals surface area (Å²) in [5, 5.41) is 38.1. The molecule has 0 saturated carbocycles. The molecule has 0 aliphatic carbocycles. The largest absolute Gasteiger partial charge is 0.497 e. The van der Waals surface area contributed by atoms with E-state index in [-0.39, 0.29) is 6.02 Å². The summed E-state index contributed by atoms with van der Waals surface area (Å²) in [5.74, 6) is 8.02. The zero-order chi connectivity index (χ0) is 92.5. The first-order chi connectivity index (χ1) is 65.2. The van der Waals surface area contributed by atoms with Crippen molar-refractivity contribution in [3.63, 3.8) is 0 Å². The quantitative estimate of drug-likeness (QED) is 0.0880. The van der Waals surface area contributed by atoms with Gasteiger partial charge in [-0.15, -0.1) is 0 Å². The van der Waals surface area contributed by atoms with Crippen molar-refractivity contribution < 1.29 is 9.47 Å². The SMILES string of the molecule is CC1=NC(c2ccccc2)=NC1=Nc1c(C)nn2c(-c3cccc(C)c3)nn(C)c12.CCn1nc(-c2cccc(C)c2)n2nc(C)c(N=C3N=C(c4ccccc4)N=C3c3ccccc3)c12.COC1=NC(=Nc2c(C)nn3c(-c4cccc(C)c4)nn(C)c23)C(c2ccccc2)=N1.COc1ccc(C2=NC(=Nc3c(C)nn4c(-c5cccc(C)c5)nn(C)c34)C(c3ccccc3)=N2)cc1. The van der Waals surface area contributed by atoms with Crippen LogP contribution in [0.15, 0.2) is 333 Å². The maximum atomic E-state index is 5.30. The van der Waals surface area contributed by atoms with Gasteiger partial charge in [0.25, 0.3) is 0 Å². The van der Waals surface area contributed by atoms with Gasteiger partial charge in [-0.25, -0.2) is 68.7 Å². The lowest BCUT2D eigenvalue weighted by molar-refractivity contribution is 0.399. The predicted molar refractivity (Wildman–Crippen MR) is 533 cm³/mol. The lowest BCUT2D eigenvalue weighted by Gasteiger charge is -2.02. The zero-order valence-electron chi connectivity index (χ0n) is 76.5. The summed E-state index contributed by atoms with van der Waals surface area (Å²) in [4.78, 5) is 57.5. The molecule has 12 heterocycles. The van der Waals surface area contributed by atoms with E-state index in [1.54, 1.807) is 18.9 Å². The van der Waals surface area contributed by atoms with Crippen molar-refractivity contribution in [1.82, 2.24) is 77.6 Å². The monoisotopic (exact) mass is 1760 g/mol. The summed E-state index contributed by atoms with van der Waals surface area (Å²) in [6, 6.07) is 90.8. The van der Waals surface area contributed by atoms with Crippen LogP contribution in [0.25, 0.3) is 68.1 Å². The second-order valence-electron chi connectivity index (χ2n) is 32.4. The van der Waals surface area contributed by atoms with E-state index in [2.05, 4.69) is 109 Å². The van der Waals surface area contributed by atoms with E-state index in [1.165, 1.54) is 11.1 Å². The van der Waals surface area contributed by atoms with Crippen LogP contribution >= 0.6 is 0 Å².